The van der Waals surface area contributed by atoms with Crippen LogP contribution in [0.3, 0.4) is 0 Å². The Morgan fingerprint density at radius 3 is 2.61 bits per heavy atom. The van der Waals surface area contributed by atoms with Crippen LogP contribution in [0.4, 0.5) is 5.69 Å². The minimum atomic E-state index is -0.527. The van der Waals surface area contributed by atoms with E-state index in [-0.39, 0.29) is 6.04 Å². The van der Waals surface area contributed by atoms with Crippen LogP contribution in [0.15, 0.2) is 48.5 Å². The number of nitriles is 1. The number of rotatable bonds is 5. The summed E-state index contributed by atoms with van der Waals surface area (Å²) in [6.45, 7) is 4.54. The Kier molecular flexibility index (Phi) is 5.69. The van der Waals surface area contributed by atoms with E-state index in [1.165, 1.54) is 0 Å². The maximum Gasteiger partial charge on any atom is 0.269 e. The van der Waals surface area contributed by atoms with Gasteiger partial charge < -0.3 is 21.1 Å². The van der Waals surface area contributed by atoms with Gasteiger partial charge in [-0.1, -0.05) is 12.1 Å². The number of hydrogen-bond acceptors (Lipinski definition) is 7. The number of nitrogens with one attached hydrogen (secondary N) is 2. The molecule has 0 saturated carbocycles. The highest BCUT2D eigenvalue weighted by Gasteiger charge is 2.34. The average Bonchev–Trinajstić information content (AvgIpc) is 3.25. The van der Waals surface area contributed by atoms with Crippen molar-refractivity contribution < 1.29 is 9.53 Å². The summed E-state index contributed by atoms with van der Waals surface area (Å²) < 4.78 is 7.50. The highest BCUT2D eigenvalue weighted by Crippen LogP contribution is 2.37. The van der Waals surface area contributed by atoms with Crippen molar-refractivity contribution in [3.8, 4) is 23.3 Å². The Balaban J connectivity index is 1.47. The lowest BCUT2D eigenvalue weighted by Crippen LogP contribution is -2.46. The zero-order chi connectivity index (χ0) is 22.8. The number of primary amides is 1. The van der Waals surface area contributed by atoms with Gasteiger partial charge in [-0.3, -0.25) is 9.69 Å². The van der Waals surface area contributed by atoms with E-state index in [1.807, 2.05) is 18.2 Å². The highest BCUT2D eigenvalue weighted by molar-refractivity contribution is 5.98. The lowest BCUT2D eigenvalue weighted by atomic mass is 10.0. The van der Waals surface area contributed by atoms with Gasteiger partial charge in [-0.15, -0.1) is 0 Å². The van der Waals surface area contributed by atoms with Crippen molar-refractivity contribution in [1.29, 1.82) is 5.26 Å². The Labute approximate surface area is 191 Å². The number of ether oxygens (including phenoxy) is 1. The Bertz CT molecular complexity index is 1210. The lowest BCUT2D eigenvalue weighted by molar-refractivity contribution is 0.0993. The summed E-state index contributed by atoms with van der Waals surface area (Å²) in [6.07, 6.45) is 0.924. The van der Waals surface area contributed by atoms with Gasteiger partial charge in [0.1, 0.15) is 23.3 Å². The van der Waals surface area contributed by atoms with Gasteiger partial charge in [0.2, 0.25) is 0 Å². The summed E-state index contributed by atoms with van der Waals surface area (Å²) in [4.78, 5) is 14.9. The molecule has 9 nitrogen and oxygen atoms in total. The minimum Gasteiger partial charge on any atom is -0.456 e. The third kappa shape index (κ3) is 4.02. The molecule has 1 aromatic heterocycles. The van der Waals surface area contributed by atoms with Gasteiger partial charge in [-0.2, -0.15) is 10.4 Å². The minimum absolute atomic E-state index is 0.146. The van der Waals surface area contributed by atoms with Gasteiger partial charge in [0.05, 0.1) is 23.0 Å². The van der Waals surface area contributed by atoms with E-state index in [9.17, 15) is 10.1 Å². The van der Waals surface area contributed by atoms with E-state index in [1.54, 1.807) is 35.0 Å². The molecule has 5 rings (SSSR count). The molecule has 0 unspecified atom stereocenters. The number of aromatic nitrogens is 2. The van der Waals surface area contributed by atoms with E-state index >= 15 is 0 Å². The fourth-order valence-electron chi connectivity index (χ4n) is 4.51. The van der Waals surface area contributed by atoms with Gasteiger partial charge in [-0.05, 0) is 42.8 Å². The Morgan fingerprint density at radius 2 is 1.88 bits per heavy atom. The Morgan fingerprint density at radius 1 is 1.12 bits per heavy atom. The van der Waals surface area contributed by atoms with E-state index in [4.69, 9.17) is 15.6 Å². The van der Waals surface area contributed by atoms with Gasteiger partial charge >= 0.3 is 0 Å². The number of piperazine rings is 1. The Hall–Kier alpha value is -3.87. The normalized spacial score (nSPS) is 18.1. The highest BCUT2D eigenvalue weighted by atomic mass is 16.5. The number of hydrogen-bond donors (Lipinski definition) is 3. The van der Waals surface area contributed by atoms with Gasteiger partial charge in [0, 0.05) is 32.7 Å². The van der Waals surface area contributed by atoms with Crippen molar-refractivity contribution in [2.75, 3.05) is 38.0 Å². The molecule has 0 spiro atoms. The van der Waals surface area contributed by atoms with Crippen molar-refractivity contribution in [1.82, 2.24) is 20.0 Å². The molecule has 3 aromatic rings. The van der Waals surface area contributed by atoms with Crippen LogP contribution in [0.25, 0.3) is 5.69 Å². The molecule has 4 N–H and O–H groups in total. The van der Waals surface area contributed by atoms with Crippen LogP contribution in [-0.4, -0.2) is 53.3 Å². The van der Waals surface area contributed by atoms with E-state index in [2.05, 4.69) is 21.6 Å². The summed E-state index contributed by atoms with van der Waals surface area (Å²) in [5.41, 5.74) is 8.90. The van der Waals surface area contributed by atoms with Crippen molar-refractivity contribution in [2.45, 2.75) is 12.5 Å². The fraction of sp³-hybridized carbons (Fsp3) is 0.292. The summed E-state index contributed by atoms with van der Waals surface area (Å²) in [6, 6.07) is 16.6. The second-order valence-electron chi connectivity index (χ2n) is 8.11. The maximum atomic E-state index is 12.4. The molecule has 0 aliphatic carbocycles. The first kappa shape index (κ1) is 21.0. The summed E-state index contributed by atoms with van der Waals surface area (Å²) in [5, 5.41) is 20.8. The zero-order valence-corrected chi connectivity index (χ0v) is 18.1. The van der Waals surface area contributed by atoms with Crippen LogP contribution in [0, 0.1) is 11.3 Å². The van der Waals surface area contributed by atoms with Gasteiger partial charge in [-0.25, -0.2) is 4.68 Å². The molecule has 0 bridgehead atoms. The van der Waals surface area contributed by atoms with Crippen LogP contribution in [0.1, 0.15) is 34.2 Å². The number of nitrogens with zero attached hydrogens (tertiary/aromatic N) is 4. The molecule has 9 heteroatoms. The maximum absolute atomic E-state index is 12.4. The molecule has 1 fully saturated rings. The molecule has 0 radical (unpaired) electrons. The molecule has 2 aliphatic heterocycles. The molecule has 33 heavy (non-hydrogen) atoms. The van der Waals surface area contributed by atoms with Gasteiger partial charge in [0.15, 0.2) is 5.69 Å². The quantitative estimate of drug-likeness (QED) is 0.554. The summed E-state index contributed by atoms with van der Waals surface area (Å²) in [7, 11) is 0. The third-order valence-electron chi connectivity index (χ3n) is 6.09. The van der Waals surface area contributed by atoms with Crippen LogP contribution < -0.4 is 21.1 Å². The van der Waals surface area contributed by atoms with E-state index < -0.39 is 5.91 Å². The molecule has 2 aliphatic rings. The van der Waals surface area contributed by atoms with E-state index in [0.717, 1.165) is 50.5 Å². The number of fused-ring (bicyclic) bond motifs is 1. The topological polar surface area (TPSA) is 121 Å². The first-order valence-corrected chi connectivity index (χ1v) is 11.0. The molecule has 3 heterocycles. The molecule has 1 amide bonds. The predicted octanol–water partition coefficient (Wildman–Crippen LogP) is 2.40. The number of benzene rings is 2. The number of para-hydroxylation sites is 1. The number of carbonyl (C=O) groups is 1. The SMILES string of the molecule is N#Cc1ccccc1Oc1ccc(-n2nc3c(c2C(N)=O)NCC[C@H]3N2CCNCC2)cc1. The number of anilines is 1. The second-order valence-corrected chi connectivity index (χ2v) is 8.11. The first-order valence-electron chi connectivity index (χ1n) is 11.0. The standard InChI is InChI=1S/C24H25N7O2/c25-15-16-3-1-2-4-20(16)33-18-7-5-17(6-8-18)31-23(24(26)32)22-21(29-31)19(9-10-28-22)30-13-11-27-12-14-30/h1-8,19,27-28H,9-14H2,(H2,26,32)/t19-/m1/s1. The van der Waals surface area contributed by atoms with Crippen LogP contribution in [-0.2, 0) is 0 Å². The van der Waals surface area contributed by atoms with Crippen molar-refractivity contribution >= 4 is 11.6 Å². The smallest absolute Gasteiger partial charge is 0.269 e. The number of amides is 1. The van der Waals surface area contributed by atoms with Crippen LogP contribution in [0.2, 0.25) is 0 Å². The summed E-state index contributed by atoms with van der Waals surface area (Å²) in [5.74, 6) is 0.541. The zero-order valence-electron chi connectivity index (χ0n) is 18.1. The molecular formula is C24H25N7O2. The number of nitrogens with two attached hydrogens (primary N) is 1. The predicted molar refractivity (Wildman–Crippen MR) is 124 cm³/mol. The average molecular weight is 444 g/mol. The van der Waals surface area contributed by atoms with Crippen LogP contribution >= 0.6 is 0 Å². The molecule has 2 aromatic carbocycles. The molecule has 168 valence electrons. The van der Waals surface area contributed by atoms with Crippen molar-refractivity contribution in [2.24, 2.45) is 5.73 Å². The fourth-order valence-corrected chi connectivity index (χ4v) is 4.51. The molecule has 1 saturated heterocycles. The van der Waals surface area contributed by atoms with Gasteiger partial charge in [0.25, 0.3) is 5.91 Å². The van der Waals surface area contributed by atoms with E-state index in [0.29, 0.717) is 28.4 Å². The summed E-state index contributed by atoms with van der Waals surface area (Å²) >= 11 is 0. The number of carbonyl (C=O) groups excluding carboxylic acids is 1. The third-order valence-corrected chi connectivity index (χ3v) is 6.09. The van der Waals surface area contributed by atoms with Crippen molar-refractivity contribution in [3.05, 3.63) is 65.5 Å². The molecular weight excluding hydrogens is 418 g/mol. The second kappa shape index (κ2) is 8.94. The van der Waals surface area contributed by atoms with Crippen molar-refractivity contribution in [3.63, 3.8) is 0 Å². The molecule has 1 atom stereocenters. The lowest BCUT2D eigenvalue weighted by Gasteiger charge is -2.36. The van der Waals surface area contributed by atoms with Crippen LogP contribution in [0.5, 0.6) is 11.5 Å². The first-order chi connectivity index (χ1) is 16.2. The largest absolute Gasteiger partial charge is 0.456 e. The monoisotopic (exact) mass is 443 g/mol.